The number of rotatable bonds is 3. The van der Waals surface area contributed by atoms with Gasteiger partial charge >= 0.3 is 0 Å². The predicted octanol–water partition coefficient (Wildman–Crippen LogP) is 0.728. The van der Waals surface area contributed by atoms with Crippen LogP contribution in [0.2, 0.25) is 0 Å². The minimum atomic E-state index is -0.0457. The SMILES string of the molecule is C[C@@H](CO)n1cc(-c2cc3c(N)ncnn3c2)cn1. The molecule has 0 aromatic carbocycles. The van der Waals surface area contributed by atoms with Crippen molar-refractivity contribution in [3.8, 4) is 11.1 Å². The van der Waals surface area contributed by atoms with Crippen LogP contribution >= 0.6 is 0 Å². The first-order valence-electron chi connectivity index (χ1n) is 5.93. The van der Waals surface area contributed by atoms with Crippen LogP contribution in [0.4, 0.5) is 5.82 Å². The van der Waals surface area contributed by atoms with Gasteiger partial charge in [0.25, 0.3) is 0 Å². The van der Waals surface area contributed by atoms with Crippen molar-refractivity contribution in [1.29, 1.82) is 0 Å². The zero-order chi connectivity index (χ0) is 13.4. The van der Waals surface area contributed by atoms with Crippen LogP contribution < -0.4 is 5.73 Å². The Balaban J connectivity index is 2.04. The molecule has 0 bridgehead atoms. The fourth-order valence-corrected chi connectivity index (χ4v) is 1.92. The molecule has 7 nitrogen and oxygen atoms in total. The third-order valence-corrected chi connectivity index (χ3v) is 3.09. The molecular weight excluding hydrogens is 244 g/mol. The zero-order valence-electron chi connectivity index (χ0n) is 10.4. The molecule has 3 aromatic heterocycles. The molecule has 0 saturated heterocycles. The van der Waals surface area contributed by atoms with E-state index in [1.165, 1.54) is 6.33 Å². The second-order valence-corrected chi connectivity index (χ2v) is 4.44. The summed E-state index contributed by atoms with van der Waals surface area (Å²) in [4.78, 5) is 3.95. The number of aliphatic hydroxyl groups excluding tert-OH is 1. The van der Waals surface area contributed by atoms with Crippen molar-refractivity contribution in [2.75, 3.05) is 12.3 Å². The van der Waals surface area contributed by atoms with Gasteiger partial charge in [-0.15, -0.1) is 0 Å². The number of nitrogens with two attached hydrogens (primary N) is 1. The maximum atomic E-state index is 9.12. The van der Waals surface area contributed by atoms with Gasteiger partial charge in [0.1, 0.15) is 11.8 Å². The van der Waals surface area contributed by atoms with Gasteiger partial charge in [0.15, 0.2) is 5.82 Å². The van der Waals surface area contributed by atoms with Crippen LogP contribution in [0.25, 0.3) is 16.6 Å². The maximum Gasteiger partial charge on any atom is 0.151 e. The van der Waals surface area contributed by atoms with Crippen LogP contribution in [-0.2, 0) is 0 Å². The number of hydrogen-bond donors (Lipinski definition) is 2. The van der Waals surface area contributed by atoms with E-state index < -0.39 is 0 Å². The number of aliphatic hydroxyl groups is 1. The minimum Gasteiger partial charge on any atom is -0.394 e. The number of nitrogen functional groups attached to an aromatic ring is 1. The van der Waals surface area contributed by atoms with Crippen molar-refractivity contribution in [1.82, 2.24) is 24.4 Å². The predicted molar refractivity (Wildman–Crippen MR) is 70.4 cm³/mol. The molecule has 98 valence electrons. The highest BCUT2D eigenvalue weighted by Crippen LogP contribution is 2.24. The quantitative estimate of drug-likeness (QED) is 0.722. The van der Waals surface area contributed by atoms with Gasteiger partial charge in [0.2, 0.25) is 0 Å². The Morgan fingerprint density at radius 2 is 2.16 bits per heavy atom. The van der Waals surface area contributed by atoms with E-state index in [2.05, 4.69) is 15.2 Å². The minimum absolute atomic E-state index is 0.0457. The molecule has 0 fully saturated rings. The fraction of sp³-hybridized carbons (Fsp3) is 0.250. The maximum absolute atomic E-state index is 9.12. The highest BCUT2D eigenvalue weighted by atomic mass is 16.3. The topological polar surface area (TPSA) is 94.3 Å². The summed E-state index contributed by atoms with van der Waals surface area (Å²) in [5, 5.41) is 17.5. The Labute approximate surface area is 109 Å². The lowest BCUT2D eigenvalue weighted by atomic mass is 10.2. The summed E-state index contributed by atoms with van der Waals surface area (Å²) >= 11 is 0. The number of nitrogens with zero attached hydrogens (tertiary/aromatic N) is 5. The Bertz CT molecular complexity index is 716. The van der Waals surface area contributed by atoms with Gasteiger partial charge in [-0.05, 0) is 13.0 Å². The van der Waals surface area contributed by atoms with Crippen LogP contribution in [0, 0.1) is 0 Å². The smallest absolute Gasteiger partial charge is 0.151 e. The van der Waals surface area contributed by atoms with Crippen LogP contribution in [0.15, 0.2) is 31.0 Å². The van der Waals surface area contributed by atoms with Crippen molar-refractivity contribution in [3.05, 3.63) is 31.0 Å². The summed E-state index contributed by atoms with van der Waals surface area (Å²) in [7, 11) is 0. The second-order valence-electron chi connectivity index (χ2n) is 4.44. The van der Waals surface area contributed by atoms with E-state index in [4.69, 9.17) is 10.8 Å². The molecular formula is C12H14N6O. The molecule has 3 N–H and O–H groups in total. The van der Waals surface area contributed by atoms with E-state index in [-0.39, 0.29) is 12.6 Å². The van der Waals surface area contributed by atoms with Crippen molar-refractivity contribution >= 4 is 11.3 Å². The Morgan fingerprint density at radius 3 is 2.89 bits per heavy atom. The first-order valence-corrected chi connectivity index (χ1v) is 5.93. The van der Waals surface area contributed by atoms with Gasteiger partial charge in [-0.3, -0.25) is 4.68 Å². The number of fused-ring (bicyclic) bond motifs is 1. The summed E-state index contributed by atoms with van der Waals surface area (Å²) in [6.45, 7) is 1.95. The highest BCUT2D eigenvalue weighted by molar-refractivity contribution is 5.75. The molecule has 0 aliphatic carbocycles. The van der Waals surface area contributed by atoms with Gasteiger partial charge in [0, 0.05) is 23.5 Å². The van der Waals surface area contributed by atoms with E-state index in [1.54, 1.807) is 15.4 Å². The molecule has 3 rings (SSSR count). The molecule has 0 saturated carbocycles. The molecule has 0 radical (unpaired) electrons. The summed E-state index contributed by atoms with van der Waals surface area (Å²) in [6, 6.07) is 1.87. The fourth-order valence-electron chi connectivity index (χ4n) is 1.92. The third-order valence-electron chi connectivity index (χ3n) is 3.09. The molecule has 0 aliphatic heterocycles. The summed E-state index contributed by atoms with van der Waals surface area (Å²) < 4.78 is 3.41. The molecule has 19 heavy (non-hydrogen) atoms. The van der Waals surface area contributed by atoms with E-state index in [1.807, 2.05) is 25.4 Å². The van der Waals surface area contributed by atoms with E-state index in [9.17, 15) is 0 Å². The van der Waals surface area contributed by atoms with Gasteiger partial charge in [0.05, 0.1) is 18.8 Å². The normalized spacial score (nSPS) is 12.9. The van der Waals surface area contributed by atoms with Crippen LogP contribution in [0.5, 0.6) is 0 Å². The molecule has 0 aliphatic rings. The average Bonchev–Trinajstić information content (AvgIpc) is 3.04. The van der Waals surface area contributed by atoms with E-state index >= 15 is 0 Å². The van der Waals surface area contributed by atoms with Gasteiger partial charge in [-0.25, -0.2) is 9.50 Å². The van der Waals surface area contributed by atoms with Crippen molar-refractivity contribution in [3.63, 3.8) is 0 Å². The van der Waals surface area contributed by atoms with Crippen LogP contribution in [0.3, 0.4) is 0 Å². The largest absolute Gasteiger partial charge is 0.394 e. The molecule has 3 heterocycles. The van der Waals surface area contributed by atoms with Gasteiger partial charge < -0.3 is 10.8 Å². The monoisotopic (exact) mass is 258 g/mol. The Morgan fingerprint density at radius 1 is 1.32 bits per heavy atom. The van der Waals surface area contributed by atoms with Crippen molar-refractivity contribution in [2.45, 2.75) is 13.0 Å². The molecule has 0 spiro atoms. The van der Waals surface area contributed by atoms with Crippen molar-refractivity contribution < 1.29 is 5.11 Å². The van der Waals surface area contributed by atoms with Crippen LogP contribution in [-0.4, -0.2) is 36.1 Å². The van der Waals surface area contributed by atoms with E-state index in [0.29, 0.717) is 5.82 Å². The molecule has 0 amide bonds. The average molecular weight is 258 g/mol. The lowest BCUT2D eigenvalue weighted by molar-refractivity contribution is 0.230. The number of hydrogen-bond acceptors (Lipinski definition) is 5. The third kappa shape index (κ3) is 1.93. The summed E-state index contributed by atoms with van der Waals surface area (Å²) in [5.41, 5.74) is 8.47. The Hall–Kier alpha value is -2.41. The van der Waals surface area contributed by atoms with Crippen molar-refractivity contribution in [2.24, 2.45) is 0 Å². The number of aromatic nitrogens is 5. The lowest BCUT2D eigenvalue weighted by Crippen LogP contribution is -2.09. The first-order chi connectivity index (χ1) is 9.19. The summed E-state index contributed by atoms with van der Waals surface area (Å²) in [6.07, 6.45) is 6.94. The second kappa shape index (κ2) is 4.36. The van der Waals surface area contributed by atoms with Gasteiger partial charge in [-0.2, -0.15) is 10.2 Å². The standard InChI is InChI=1S/C12H14N6O/c1-8(6-19)17-5-10(3-15-17)9-2-11-12(13)14-7-16-18(11)4-9/h2-5,7-8,19H,6H2,1H3,(H2,13,14,16)/t8-/m0/s1. The van der Waals surface area contributed by atoms with Crippen LogP contribution in [0.1, 0.15) is 13.0 Å². The molecule has 7 heteroatoms. The highest BCUT2D eigenvalue weighted by Gasteiger charge is 2.10. The molecule has 3 aromatic rings. The lowest BCUT2D eigenvalue weighted by Gasteiger charge is -2.06. The first kappa shape index (κ1) is 11.7. The Kier molecular flexibility index (Phi) is 2.68. The molecule has 0 unspecified atom stereocenters. The zero-order valence-corrected chi connectivity index (χ0v) is 10.4. The van der Waals surface area contributed by atoms with E-state index in [0.717, 1.165) is 16.6 Å². The van der Waals surface area contributed by atoms with Gasteiger partial charge in [-0.1, -0.05) is 0 Å². The molecule has 1 atom stereocenters. The number of anilines is 1. The summed E-state index contributed by atoms with van der Waals surface area (Å²) in [5.74, 6) is 0.442.